The zero-order valence-electron chi connectivity index (χ0n) is 31.0. The minimum Gasteiger partial charge on any atom is -0.379 e. The van der Waals surface area contributed by atoms with Gasteiger partial charge in [0.1, 0.15) is 0 Å². The lowest BCUT2D eigenvalue weighted by Crippen LogP contribution is -2.30. The fourth-order valence-electron chi connectivity index (χ4n) is 5.84. The molecule has 0 atom stereocenters. The zero-order chi connectivity index (χ0) is 40.5. The van der Waals surface area contributed by atoms with E-state index in [-0.39, 0.29) is 23.4 Å². The Morgan fingerprint density at radius 3 is 2.44 bits per heavy atom. The summed E-state index contributed by atoms with van der Waals surface area (Å²) in [5, 5.41) is 18.1. The number of amides is 2. The Kier molecular flexibility index (Phi) is 16.2. The molecule has 2 amide bonds. The van der Waals surface area contributed by atoms with Crippen molar-refractivity contribution >= 4 is 41.0 Å². The quantitative estimate of drug-likeness (QED) is 0.0241. The first-order valence-electron chi connectivity index (χ1n) is 18.2. The largest absolute Gasteiger partial charge is 0.417 e. The summed E-state index contributed by atoms with van der Waals surface area (Å²) in [6.45, 7) is 4.65. The maximum Gasteiger partial charge on any atom is 0.417 e. The van der Waals surface area contributed by atoms with Crippen LogP contribution >= 0.6 is 11.6 Å². The minimum absolute atomic E-state index is 0.0801. The van der Waals surface area contributed by atoms with Crippen LogP contribution in [-0.4, -0.2) is 92.3 Å². The summed E-state index contributed by atoms with van der Waals surface area (Å²) >= 11 is 5.73. The molecular weight excluding hydrogens is 769 g/mol. The molecule has 5 rings (SSSR count). The number of nitrogens with zero attached hydrogens (tertiary/aromatic N) is 8. The summed E-state index contributed by atoms with van der Waals surface area (Å²) in [7, 11) is 0. The Morgan fingerprint density at radius 2 is 1.68 bits per heavy atom. The number of carbonyl (C=O) groups excluding carboxylic acids is 2. The van der Waals surface area contributed by atoms with E-state index < -0.39 is 28.6 Å². The van der Waals surface area contributed by atoms with Crippen molar-refractivity contribution in [3.05, 3.63) is 116 Å². The van der Waals surface area contributed by atoms with Crippen LogP contribution in [0, 0.1) is 0 Å². The van der Waals surface area contributed by atoms with E-state index in [1.165, 1.54) is 6.07 Å². The van der Waals surface area contributed by atoms with Gasteiger partial charge in [-0.3, -0.25) is 9.59 Å². The second kappa shape index (κ2) is 21.7. The van der Waals surface area contributed by atoms with Crippen molar-refractivity contribution in [1.82, 2.24) is 20.4 Å². The number of hydrazone groups is 1. The molecule has 2 N–H and O–H groups in total. The van der Waals surface area contributed by atoms with E-state index in [9.17, 15) is 22.8 Å². The van der Waals surface area contributed by atoms with E-state index in [1.54, 1.807) is 41.2 Å². The van der Waals surface area contributed by atoms with Crippen molar-refractivity contribution in [2.45, 2.75) is 38.4 Å². The number of ether oxygens (including phenoxy) is 3. The average Bonchev–Trinajstić information content (AvgIpc) is 3.65. The molecule has 1 aromatic heterocycles. The van der Waals surface area contributed by atoms with Crippen LogP contribution in [0.3, 0.4) is 0 Å². The predicted octanol–water partition coefficient (Wildman–Crippen LogP) is 6.91. The summed E-state index contributed by atoms with van der Waals surface area (Å²) in [6.07, 6.45) is 1.90. The predicted molar refractivity (Wildman–Crippen MR) is 208 cm³/mol. The molecule has 1 fully saturated rings. The van der Waals surface area contributed by atoms with Crippen LogP contribution < -0.4 is 15.6 Å². The number of alkyl halides is 3. The van der Waals surface area contributed by atoms with Gasteiger partial charge in [0.25, 0.3) is 11.8 Å². The third kappa shape index (κ3) is 13.6. The minimum atomic E-state index is -4.66. The highest BCUT2D eigenvalue weighted by Gasteiger charge is 2.33. The van der Waals surface area contributed by atoms with Crippen LogP contribution in [0.15, 0.2) is 77.1 Å². The molecule has 0 radical (unpaired) electrons. The first-order chi connectivity index (χ1) is 27.6. The summed E-state index contributed by atoms with van der Waals surface area (Å²) in [6, 6.07) is 15.4. The lowest BCUT2D eigenvalue weighted by molar-refractivity contribution is -0.137. The Labute approximate surface area is 331 Å². The molecule has 1 saturated heterocycles. The van der Waals surface area contributed by atoms with Gasteiger partial charge in [0.05, 0.1) is 79.9 Å². The molecule has 1 aliphatic rings. The van der Waals surface area contributed by atoms with E-state index in [1.807, 2.05) is 12.1 Å². The Hall–Kier alpha value is -5.52. The first-order valence-corrected chi connectivity index (χ1v) is 18.6. The van der Waals surface area contributed by atoms with Crippen molar-refractivity contribution in [3.8, 4) is 0 Å². The van der Waals surface area contributed by atoms with Gasteiger partial charge in [-0.2, -0.15) is 18.3 Å². The van der Waals surface area contributed by atoms with Gasteiger partial charge in [-0.25, -0.2) is 10.1 Å². The van der Waals surface area contributed by atoms with Crippen LogP contribution in [0.2, 0.25) is 5.02 Å². The Morgan fingerprint density at radius 1 is 0.930 bits per heavy atom. The summed E-state index contributed by atoms with van der Waals surface area (Å²) in [5.41, 5.74) is 12.7. The van der Waals surface area contributed by atoms with Crippen molar-refractivity contribution in [2.24, 2.45) is 10.2 Å². The first kappa shape index (κ1) is 42.6. The lowest BCUT2D eigenvalue weighted by atomic mass is 10.1. The monoisotopic (exact) mass is 810 g/mol. The van der Waals surface area contributed by atoms with Crippen molar-refractivity contribution in [3.63, 3.8) is 0 Å². The molecule has 15 nitrogen and oxygen atoms in total. The van der Waals surface area contributed by atoms with Gasteiger partial charge in [-0.05, 0) is 78.4 Å². The molecule has 19 heteroatoms. The summed E-state index contributed by atoms with van der Waals surface area (Å²) < 4.78 is 58.0. The fraction of sp³-hybridized carbons (Fsp3) is 0.395. The van der Waals surface area contributed by atoms with Crippen LogP contribution in [-0.2, 0) is 33.4 Å². The molecular formula is C38H42ClF3N10O5. The molecule has 0 saturated carbocycles. The number of anilines is 2. The number of halogens is 4. The molecule has 2 heterocycles. The fourth-order valence-corrected chi connectivity index (χ4v) is 6.06. The molecule has 302 valence electrons. The molecule has 3 aromatic carbocycles. The highest BCUT2D eigenvalue weighted by molar-refractivity contribution is 6.31. The normalized spacial score (nSPS) is 13.1. The second-order valence-corrected chi connectivity index (χ2v) is 13.2. The third-order valence-corrected chi connectivity index (χ3v) is 8.99. The number of hydrogen-bond donors (Lipinski definition) is 2. The molecule has 0 aliphatic carbocycles. The molecule has 0 spiro atoms. The third-order valence-electron chi connectivity index (χ3n) is 8.66. The van der Waals surface area contributed by atoms with E-state index in [4.69, 9.17) is 31.3 Å². The van der Waals surface area contributed by atoms with Crippen LogP contribution in [0.5, 0.6) is 0 Å². The molecule has 0 unspecified atom stereocenters. The van der Waals surface area contributed by atoms with Crippen LogP contribution in [0.1, 0.15) is 62.4 Å². The number of azide groups is 1. The number of hydrogen-bond acceptors (Lipinski definition) is 10. The van der Waals surface area contributed by atoms with Crippen molar-refractivity contribution in [1.29, 1.82) is 0 Å². The molecule has 4 aromatic rings. The number of nitrogens with one attached hydrogen (secondary N) is 2. The Balaban J connectivity index is 1.16. The van der Waals surface area contributed by atoms with Crippen molar-refractivity contribution < 1.29 is 37.0 Å². The smallest absolute Gasteiger partial charge is 0.379 e. The topological polar surface area (TPSA) is 181 Å². The highest BCUT2D eigenvalue weighted by Crippen LogP contribution is 2.35. The van der Waals surface area contributed by atoms with E-state index in [0.29, 0.717) is 58.2 Å². The van der Waals surface area contributed by atoms with Gasteiger partial charge >= 0.3 is 6.18 Å². The number of benzene rings is 3. The van der Waals surface area contributed by atoms with Gasteiger partial charge in [0, 0.05) is 48.4 Å². The average molecular weight is 811 g/mol. The SMILES string of the molecule is [N-]=[N+]=NCCOCCOCCOCCc1cn(Cc2cccc(C(=O)Nc3ccc(N4CCCCC4)cc3C(=O)N/N=C/c3ccc(Cl)c(C(F)(F)F)c3)c2)nn1. The molecule has 0 bridgehead atoms. The lowest BCUT2D eigenvalue weighted by Gasteiger charge is -2.29. The number of rotatable bonds is 20. The number of carbonyl (C=O) groups is 2. The second-order valence-electron chi connectivity index (χ2n) is 12.8. The van der Waals surface area contributed by atoms with Gasteiger partial charge in [0.2, 0.25) is 0 Å². The molecule has 1 aliphatic heterocycles. The van der Waals surface area contributed by atoms with Gasteiger partial charge in [0.15, 0.2) is 0 Å². The standard InChI is InChI=1S/C38H42ClF3N10O5/c39-34-9-7-27(22-33(34)38(40,41)42)24-45-48-37(54)32-23-31(51-13-2-1-3-14-51)8-10-35(32)46-36(53)29-6-4-5-28(21-29)25-52-26-30(47-50-52)11-15-55-17-19-57-20-18-56-16-12-44-49-43/h4-10,21-24,26H,1-3,11-20,25H2,(H,46,53)(H,48,54)/b45-24+. The summed E-state index contributed by atoms with van der Waals surface area (Å²) in [4.78, 5) is 31.9. The zero-order valence-corrected chi connectivity index (χ0v) is 31.7. The maximum absolute atomic E-state index is 13.6. The van der Waals surface area contributed by atoms with Crippen LogP contribution in [0.4, 0.5) is 24.5 Å². The Bertz CT molecular complexity index is 2030. The van der Waals surface area contributed by atoms with E-state index in [0.717, 1.165) is 67.6 Å². The van der Waals surface area contributed by atoms with Crippen LogP contribution in [0.25, 0.3) is 10.4 Å². The van der Waals surface area contributed by atoms with E-state index in [2.05, 4.69) is 41.1 Å². The van der Waals surface area contributed by atoms with E-state index >= 15 is 0 Å². The maximum atomic E-state index is 13.6. The van der Waals surface area contributed by atoms with Gasteiger partial charge < -0.3 is 24.4 Å². The number of piperidine rings is 1. The molecule has 57 heavy (non-hydrogen) atoms. The highest BCUT2D eigenvalue weighted by atomic mass is 35.5. The van der Waals surface area contributed by atoms with Gasteiger partial charge in [-0.15, -0.1) is 5.10 Å². The van der Waals surface area contributed by atoms with Gasteiger partial charge in [-0.1, -0.05) is 40.1 Å². The summed E-state index contributed by atoms with van der Waals surface area (Å²) in [5.74, 6) is -1.12. The van der Waals surface area contributed by atoms with Crippen molar-refractivity contribution in [2.75, 3.05) is 69.5 Å². The number of aromatic nitrogens is 3.